The average Bonchev–Trinajstić information content (AvgIpc) is 3.84. The van der Waals surface area contributed by atoms with Crippen molar-refractivity contribution in [1.82, 2.24) is 24.4 Å². The van der Waals surface area contributed by atoms with E-state index in [0.717, 1.165) is 28.6 Å². The first-order chi connectivity index (χ1) is 27.7. The van der Waals surface area contributed by atoms with Crippen LogP contribution >= 0.6 is 27.7 Å². The standard InChI is InChI=1S/C39H40BrN7O9S/c1-50-26-6-5-22(24(18-41)34(48)23-14-30(51-2)35(53-4)31(15-23)52-3)13-29(26)56-39(49)46-10-7-21(8-11-46)9-12-47-37-33(36(42)43-19-44-37)45-38(47)57-32-17-28-27(16-25(32)40)54-20-55-28/h5-6,13-19,21H,7-12,20,41H2,1-4H3,(H2,42,43,44). The second kappa shape index (κ2) is 17.1. The number of hydrogen-bond acceptors (Lipinski definition) is 15. The number of amides is 1. The highest BCUT2D eigenvalue weighted by molar-refractivity contribution is 9.10. The van der Waals surface area contributed by atoms with Crippen molar-refractivity contribution in [3.63, 3.8) is 0 Å². The maximum Gasteiger partial charge on any atom is 0.415 e. The van der Waals surface area contributed by atoms with Crippen LogP contribution in [-0.4, -0.2) is 84.6 Å². The molecular weight excluding hydrogens is 822 g/mol. The Morgan fingerprint density at radius 3 is 2.26 bits per heavy atom. The summed E-state index contributed by atoms with van der Waals surface area (Å²) in [5.74, 6) is 2.99. The molecule has 0 atom stereocenters. The minimum Gasteiger partial charge on any atom is -0.493 e. The van der Waals surface area contributed by atoms with Crippen molar-refractivity contribution in [1.29, 1.82) is 0 Å². The molecule has 0 saturated carbocycles. The molecule has 1 amide bonds. The number of ether oxygens (including phenoxy) is 7. The van der Waals surface area contributed by atoms with Gasteiger partial charge in [0.2, 0.25) is 12.5 Å². The number of nitrogens with two attached hydrogens (primary N) is 2. The van der Waals surface area contributed by atoms with Crippen LogP contribution in [0.3, 0.4) is 0 Å². The normalized spacial score (nSPS) is 14.1. The summed E-state index contributed by atoms with van der Waals surface area (Å²) in [7, 11) is 5.88. The van der Waals surface area contributed by atoms with Crippen molar-refractivity contribution in [3.05, 3.63) is 70.6 Å². The Morgan fingerprint density at radius 1 is 0.912 bits per heavy atom. The van der Waals surface area contributed by atoms with Crippen LogP contribution in [0.1, 0.15) is 35.2 Å². The lowest BCUT2D eigenvalue weighted by molar-refractivity contribution is 0.105. The molecule has 57 heavy (non-hydrogen) atoms. The number of likely N-dealkylation sites (tertiary alicyclic amines) is 1. The number of allylic oxidation sites excluding steroid dienone is 1. The third-order valence-corrected chi connectivity index (χ3v) is 11.8. The van der Waals surface area contributed by atoms with Crippen LogP contribution < -0.4 is 44.6 Å². The van der Waals surface area contributed by atoms with Gasteiger partial charge in [0.15, 0.2) is 62.4 Å². The lowest BCUT2D eigenvalue weighted by Crippen LogP contribution is -2.40. The van der Waals surface area contributed by atoms with E-state index in [2.05, 4.69) is 30.5 Å². The number of carbonyl (C=O) groups excluding carboxylic acids is 2. The molecule has 16 nitrogen and oxygen atoms in total. The van der Waals surface area contributed by atoms with Crippen molar-refractivity contribution in [3.8, 4) is 40.2 Å². The van der Waals surface area contributed by atoms with Crippen molar-refractivity contribution in [2.24, 2.45) is 11.7 Å². The van der Waals surface area contributed by atoms with Gasteiger partial charge in [0, 0.05) is 46.3 Å². The van der Waals surface area contributed by atoms with E-state index in [0.29, 0.717) is 87.8 Å². The maximum atomic E-state index is 13.8. The lowest BCUT2D eigenvalue weighted by Gasteiger charge is -2.31. The Hall–Kier alpha value is -5.88. The average molecular weight is 863 g/mol. The Morgan fingerprint density at radius 2 is 1.60 bits per heavy atom. The number of nitrogen functional groups attached to an aromatic ring is 1. The number of halogens is 1. The molecule has 0 aliphatic carbocycles. The SMILES string of the molecule is COc1ccc(C(=CN)C(=O)c2cc(OC)c(OC)c(OC)c2)cc1OC(=O)N1CCC(CCn2c(Sc3cc4c(cc3Br)OCO4)nc3c(N)ncnc32)CC1. The number of methoxy groups -OCH3 is 4. The molecule has 1 saturated heterocycles. The van der Waals surface area contributed by atoms with E-state index in [1.807, 2.05) is 12.1 Å². The molecule has 3 aromatic carbocycles. The number of fused-ring (bicyclic) bond motifs is 2. The molecule has 2 aromatic heterocycles. The number of nitrogens with zero attached hydrogens (tertiary/aromatic N) is 5. The van der Waals surface area contributed by atoms with Crippen LogP contribution in [0.15, 0.2) is 69.5 Å². The van der Waals surface area contributed by atoms with E-state index in [1.54, 1.807) is 35.2 Å². The van der Waals surface area contributed by atoms with Gasteiger partial charge in [-0.15, -0.1) is 0 Å². The minimum absolute atomic E-state index is 0.145. The predicted molar refractivity (Wildman–Crippen MR) is 215 cm³/mol. The van der Waals surface area contributed by atoms with Crippen molar-refractivity contribution < 1.29 is 42.7 Å². The summed E-state index contributed by atoms with van der Waals surface area (Å²) in [4.78, 5) is 43.4. The predicted octanol–water partition coefficient (Wildman–Crippen LogP) is 6.57. The summed E-state index contributed by atoms with van der Waals surface area (Å²) in [6, 6.07) is 11.7. The molecule has 18 heteroatoms. The quantitative estimate of drug-likeness (QED) is 0.0952. The van der Waals surface area contributed by atoms with Gasteiger partial charge in [-0.2, -0.15) is 0 Å². The highest BCUT2D eigenvalue weighted by Crippen LogP contribution is 2.44. The highest BCUT2D eigenvalue weighted by Gasteiger charge is 2.28. The molecular formula is C39H40BrN7O9S. The van der Waals surface area contributed by atoms with E-state index in [1.165, 1.54) is 52.7 Å². The fraction of sp³-hybridized carbons (Fsp3) is 0.308. The number of carbonyl (C=O) groups is 2. The number of aromatic nitrogens is 4. The number of piperidine rings is 1. The van der Waals surface area contributed by atoms with Crippen LogP contribution in [-0.2, 0) is 6.54 Å². The van der Waals surface area contributed by atoms with Crippen molar-refractivity contribution in [2.45, 2.75) is 35.9 Å². The van der Waals surface area contributed by atoms with Gasteiger partial charge in [-0.25, -0.2) is 19.7 Å². The lowest BCUT2D eigenvalue weighted by atomic mass is 9.94. The van der Waals surface area contributed by atoms with Gasteiger partial charge in [0.1, 0.15) is 6.33 Å². The number of imidazole rings is 1. The number of ketones is 1. The first-order valence-corrected chi connectivity index (χ1v) is 19.4. The highest BCUT2D eigenvalue weighted by atomic mass is 79.9. The molecule has 4 N–H and O–H groups in total. The number of hydrogen-bond donors (Lipinski definition) is 2. The molecule has 298 valence electrons. The zero-order valence-corrected chi connectivity index (χ0v) is 34.0. The molecule has 2 aliphatic rings. The fourth-order valence-electron chi connectivity index (χ4n) is 6.76. The number of Topliss-reactive ketones (excluding diaryl/α,β-unsaturated/α-hetero) is 1. The van der Waals surface area contributed by atoms with Gasteiger partial charge in [0.25, 0.3) is 0 Å². The zero-order chi connectivity index (χ0) is 40.2. The van der Waals surface area contributed by atoms with Crippen LogP contribution in [0.5, 0.6) is 40.2 Å². The summed E-state index contributed by atoms with van der Waals surface area (Å²) in [6.07, 6.45) is 4.45. The molecule has 0 bridgehead atoms. The summed E-state index contributed by atoms with van der Waals surface area (Å²) in [5.41, 5.74) is 14.2. The van der Waals surface area contributed by atoms with E-state index in [-0.39, 0.29) is 23.7 Å². The Kier molecular flexibility index (Phi) is 11.8. The Balaban J connectivity index is 1.01. The second-order valence-corrected chi connectivity index (χ2v) is 14.9. The summed E-state index contributed by atoms with van der Waals surface area (Å²) in [6.45, 7) is 1.78. The smallest absolute Gasteiger partial charge is 0.415 e. The Labute approximate surface area is 340 Å². The van der Waals surface area contributed by atoms with Gasteiger partial charge in [-0.1, -0.05) is 17.8 Å². The van der Waals surface area contributed by atoms with Gasteiger partial charge < -0.3 is 54.1 Å². The maximum absolute atomic E-state index is 13.8. The topological polar surface area (TPSA) is 198 Å². The Bertz CT molecular complexity index is 2340. The fourth-order valence-corrected chi connectivity index (χ4v) is 8.27. The van der Waals surface area contributed by atoms with E-state index >= 15 is 0 Å². The minimum atomic E-state index is -0.529. The number of benzene rings is 3. The molecule has 5 aromatic rings. The second-order valence-electron chi connectivity index (χ2n) is 13.0. The van der Waals surface area contributed by atoms with Gasteiger partial charge in [-0.3, -0.25) is 4.79 Å². The molecule has 7 rings (SSSR count). The summed E-state index contributed by atoms with van der Waals surface area (Å²) >= 11 is 5.12. The van der Waals surface area contributed by atoms with Crippen LogP contribution in [0.4, 0.5) is 10.6 Å². The van der Waals surface area contributed by atoms with E-state index in [4.69, 9.17) is 49.6 Å². The van der Waals surface area contributed by atoms with Crippen LogP contribution in [0.2, 0.25) is 0 Å². The molecule has 1 fully saturated rings. The van der Waals surface area contributed by atoms with Crippen LogP contribution in [0.25, 0.3) is 16.7 Å². The number of aryl methyl sites for hydroxylation is 1. The zero-order valence-electron chi connectivity index (χ0n) is 31.6. The largest absolute Gasteiger partial charge is 0.493 e. The third-order valence-electron chi connectivity index (χ3n) is 9.80. The molecule has 2 aliphatic heterocycles. The van der Waals surface area contributed by atoms with Gasteiger partial charge in [0.05, 0.1) is 28.4 Å². The molecule has 0 unspecified atom stereocenters. The van der Waals surface area contributed by atoms with Crippen LogP contribution in [0, 0.1) is 5.92 Å². The first-order valence-electron chi connectivity index (χ1n) is 17.8. The monoisotopic (exact) mass is 861 g/mol. The molecule has 0 spiro atoms. The molecule has 4 heterocycles. The third kappa shape index (κ3) is 8.04. The summed E-state index contributed by atoms with van der Waals surface area (Å²) < 4.78 is 41.7. The van der Waals surface area contributed by atoms with E-state index < -0.39 is 11.9 Å². The first kappa shape index (κ1) is 39.4. The van der Waals surface area contributed by atoms with Crippen molar-refractivity contribution in [2.75, 3.05) is 54.1 Å². The summed E-state index contributed by atoms with van der Waals surface area (Å²) in [5, 5.41) is 0.715. The van der Waals surface area contributed by atoms with Gasteiger partial charge in [-0.05, 0) is 83.1 Å². The van der Waals surface area contributed by atoms with E-state index in [9.17, 15) is 9.59 Å². The molecule has 0 radical (unpaired) electrons. The number of anilines is 1. The van der Waals surface area contributed by atoms with Crippen molar-refractivity contribution >= 4 is 62.1 Å². The number of rotatable bonds is 13. The van der Waals surface area contributed by atoms with Gasteiger partial charge >= 0.3 is 6.09 Å².